The van der Waals surface area contributed by atoms with Crippen molar-refractivity contribution in [2.45, 2.75) is 25.8 Å². The van der Waals surface area contributed by atoms with Gasteiger partial charge in [-0.05, 0) is 47.9 Å². The third kappa shape index (κ3) is 2.63. The molecule has 1 aliphatic rings. The Kier molecular flexibility index (Phi) is 3.61. The predicted octanol–water partition coefficient (Wildman–Crippen LogP) is 2.82. The fourth-order valence-electron chi connectivity index (χ4n) is 3.34. The largest absolute Gasteiger partial charge is 0.340 e. The van der Waals surface area contributed by atoms with Crippen LogP contribution in [-0.2, 0) is 11.2 Å². The van der Waals surface area contributed by atoms with E-state index in [-0.39, 0.29) is 11.9 Å². The molecule has 1 amide bonds. The third-order valence-electron chi connectivity index (χ3n) is 4.44. The lowest BCUT2D eigenvalue weighted by Crippen LogP contribution is -2.30. The van der Waals surface area contributed by atoms with E-state index < -0.39 is 0 Å². The molecule has 1 aliphatic heterocycles. The molecule has 6 heteroatoms. The molecule has 0 unspecified atom stereocenters. The normalized spacial score (nSPS) is 18.0. The van der Waals surface area contributed by atoms with Crippen molar-refractivity contribution >= 4 is 28.4 Å². The average molecular weight is 326 g/mol. The Hall–Kier alpha value is -2.21. The molecule has 0 aromatic carbocycles. The number of hydrogen-bond acceptors (Lipinski definition) is 4. The van der Waals surface area contributed by atoms with Gasteiger partial charge in [-0.2, -0.15) is 11.3 Å². The molecule has 0 spiro atoms. The summed E-state index contributed by atoms with van der Waals surface area (Å²) in [7, 11) is 0. The Labute approximate surface area is 138 Å². The van der Waals surface area contributed by atoms with Crippen LogP contribution in [0.2, 0.25) is 0 Å². The number of carbonyl (C=O) groups excluding carboxylic acids is 1. The van der Waals surface area contributed by atoms with Gasteiger partial charge in [-0.1, -0.05) is 0 Å². The summed E-state index contributed by atoms with van der Waals surface area (Å²) in [5.41, 5.74) is 2.95. The van der Waals surface area contributed by atoms with Crippen molar-refractivity contribution in [3.05, 3.63) is 46.5 Å². The van der Waals surface area contributed by atoms with Gasteiger partial charge in [0.15, 0.2) is 5.65 Å². The number of aryl methyl sites for hydroxylation is 1. The number of aromatic nitrogens is 3. The number of imidazole rings is 1. The second-order valence-corrected chi connectivity index (χ2v) is 6.75. The van der Waals surface area contributed by atoms with E-state index in [4.69, 9.17) is 0 Å². The van der Waals surface area contributed by atoms with Crippen LogP contribution in [0.1, 0.15) is 23.9 Å². The molecule has 4 heterocycles. The van der Waals surface area contributed by atoms with Crippen LogP contribution < -0.4 is 0 Å². The van der Waals surface area contributed by atoms with Crippen molar-refractivity contribution in [1.82, 2.24) is 19.4 Å². The highest BCUT2D eigenvalue weighted by Crippen LogP contribution is 2.27. The molecule has 0 bridgehead atoms. The van der Waals surface area contributed by atoms with E-state index >= 15 is 0 Å². The fourth-order valence-corrected chi connectivity index (χ4v) is 4.01. The zero-order chi connectivity index (χ0) is 15.8. The van der Waals surface area contributed by atoms with Crippen LogP contribution in [0.3, 0.4) is 0 Å². The van der Waals surface area contributed by atoms with Gasteiger partial charge in [0.05, 0.1) is 12.5 Å². The number of rotatable bonds is 3. The minimum absolute atomic E-state index is 0.209. The lowest BCUT2D eigenvalue weighted by Gasteiger charge is -2.18. The van der Waals surface area contributed by atoms with Crippen molar-refractivity contribution in [1.29, 1.82) is 0 Å². The fraction of sp³-hybridized carbons (Fsp3) is 0.353. The molecule has 3 aromatic heterocycles. The maximum atomic E-state index is 12.5. The first-order valence-electron chi connectivity index (χ1n) is 7.81. The third-order valence-corrected chi connectivity index (χ3v) is 5.17. The molecule has 0 saturated carbocycles. The molecule has 1 fully saturated rings. The average Bonchev–Trinajstić information content (AvgIpc) is 3.25. The molecule has 4 rings (SSSR count). The van der Waals surface area contributed by atoms with Gasteiger partial charge in [0, 0.05) is 19.3 Å². The molecular weight excluding hydrogens is 308 g/mol. The van der Waals surface area contributed by atoms with Crippen molar-refractivity contribution in [2.75, 3.05) is 13.1 Å². The Morgan fingerprint density at radius 3 is 3.17 bits per heavy atom. The van der Waals surface area contributed by atoms with E-state index in [1.165, 1.54) is 0 Å². The standard InChI is InChI=1S/C17H18N4OS/c1-12-19-15-3-2-6-18-17(15)21(12)14-4-7-20(10-14)16(22)9-13-5-8-23-11-13/h2-3,5-6,8,11,14H,4,7,9-10H2,1H3/t14-/m0/s1. The van der Waals surface area contributed by atoms with Crippen LogP contribution in [-0.4, -0.2) is 38.4 Å². The Morgan fingerprint density at radius 2 is 2.35 bits per heavy atom. The van der Waals surface area contributed by atoms with Crippen molar-refractivity contribution in [3.63, 3.8) is 0 Å². The van der Waals surface area contributed by atoms with Crippen LogP contribution in [0.25, 0.3) is 11.2 Å². The van der Waals surface area contributed by atoms with Crippen LogP contribution in [0.15, 0.2) is 35.2 Å². The molecule has 118 valence electrons. The molecule has 1 saturated heterocycles. The van der Waals surface area contributed by atoms with Gasteiger partial charge >= 0.3 is 0 Å². The van der Waals surface area contributed by atoms with Gasteiger partial charge in [-0.15, -0.1) is 0 Å². The van der Waals surface area contributed by atoms with E-state index in [0.717, 1.165) is 42.1 Å². The SMILES string of the molecule is Cc1nc2cccnc2n1[C@H]1CCN(C(=O)Cc2ccsc2)C1. The zero-order valence-corrected chi connectivity index (χ0v) is 13.8. The quantitative estimate of drug-likeness (QED) is 0.744. The molecular formula is C17H18N4OS. The number of nitrogens with zero attached hydrogens (tertiary/aromatic N) is 4. The van der Waals surface area contributed by atoms with Crippen LogP contribution in [0, 0.1) is 6.92 Å². The molecule has 0 aliphatic carbocycles. The number of likely N-dealkylation sites (tertiary alicyclic amines) is 1. The van der Waals surface area contributed by atoms with Crippen LogP contribution in [0.4, 0.5) is 0 Å². The van der Waals surface area contributed by atoms with Crippen LogP contribution in [0.5, 0.6) is 0 Å². The Morgan fingerprint density at radius 1 is 1.43 bits per heavy atom. The lowest BCUT2D eigenvalue weighted by molar-refractivity contribution is -0.129. The first kappa shape index (κ1) is 14.4. The van der Waals surface area contributed by atoms with Gasteiger partial charge in [0.1, 0.15) is 11.3 Å². The molecule has 5 nitrogen and oxygen atoms in total. The molecule has 0 N–H and O–H groups in total. The number of hydrogen-bond donors (Lipinski definition) is 0. The summed E-state index contributed by atoms with van der Waals surface area (Å²) >= 11 is 1.63. The van der Waals surface area contributed by atoms with Crippen molar-refractivity contribution in [3.8, 4) is 0 Å². The predicted molar refractivity (Wildman–Crippen MR) is 90.5 cm³/mol. The minimum Gasteiger partial charge on any atom is -0.340 e. The highest BCUT2D eigenvalue weighted by Gasteiger charge is 2.29. The summed E-state index contributed by atoms with van der Waals surface area (Å²) < 4.78 is 2.19. The summed E-state index contributed by atoms with van der Waals surface area (Å²) in [6.45, 7) is 3.56. The van der Waals surface area contributed by atoms with Gasteiger partial charge < -0.3 is 9.47 Å². The maximum absolute atomic E-state index is 12.5. The number of carbonyl (C=O) groups is 1. The number of fused-ring (bicyclic) bond motifs is 1. The second-order valence-electron chi connectivity index (χ2n) is 5.97. The zero-order valence-electron chi connectivity index (χ0n) is 13.0. The molecule has 1 atom stereocenters. The highest BCUT2D eigenvalue weighted by atomic mass is 32.1. The van der Waals surface area contributed by atoms with Gasteiger partial charge in [-0.3, -0.25) is 4.79 Å². The summed E-state index contributed by atoms with van der Waals surface area (Å²) in [6.07, 6.45) is 3.25. The van der Waals surface area contributed by atoms with Gasteiger partial charge in [0.25, 0.3) is 0 Å². The molecule has 3 aromatic rings. The summed E-state index contributed by atoms with van der Waals surface area (Å²) in [5, 5.41) is 4.06. The molecule has 0 radical (unpaired) electrons. The van der Waals surface area contributed by atoms with E-state index in [2.05, 4.69) is 14.5 Å². The number of thiophene rings is 1. The molecule has 23 heavy (non-hydrogen) atoms. The minimum atomic E-state index is 0.209. The number of pyridine rings is 1. The van der Waals surface area contributed by atoms with Gasteiger partial charge in [-0.25, -0.2) is 9.97 Å². The first-order valence-corrected chi connectivity index (χ1v) is 8.75. The van der Waals surface area contributed by atoms with Crippen LogP contribution >= 0.6 is 11.3 Å². The topological polar surface area (TPSA) is 51.0 Å². The van der Waals surface area contributed by atoms with Crippen molar-refractivity contribution in [2.24, 2.45) is 0 Å². The van der Waals surface area contributed by atoms with E-state index in [1.807, 2.05) is 40.8 Å². The van der Waals surface area contributed by atoms with E-state index in [9.17, 15) is 4.79 Å². The van der Waals surface area contributed by atoms with Gasteiger partial charge in [0.2, 0.25) is 5.91 Å². The highest BCUT2D eigenvalue weighted by molar-refractivity contribution is 7.08. The Bertz CT molecular complexity index is 840. The lowest BCUT2D eigenvalue weighted by atomic mass is 10.2. The first-order chi connectivity index (χ1) is 11.2. The smallest absolute Gasteiger partial charge is 0.227 e. The second kappa shape index (κ2) is 5.77. The monoisotopic (exact) mass is 326 g/mol. The number of amides is 1. The summed E-state index contributed by atoms with van der Waals surface area (Å²) in [5.74, 6) is 1.18. The summed E-state index contributed by atoms with van der Waals surface area (Å²) in [4.78, 5) is 23.5. The van der Waals surface area contributed by atoms with E-state index in [1.54, 1.807) is 17.5 Å². The maximum Gasteiger partial charge on any atom is 0.227 e. The van der Waals surface area contributed by atoms with Crippen molar-refractivity contribution < 1.29 is 4.79 Å². The Balaban J connectivity index is 1.53. The summed E-state index contributed by atoms with van der Waals surface area (Å²) in [6, 6.07) is 6.18. The van der Waals surface area contributed by atoms with E-state index in [0.29, 0.717) is 6.42 Å².